The first-order valence-corrected chi connectivity index (χ1v) is 5.05. The third kappa shape index (κ3) is 2.55. The Morgan fingerprint density at radius 3 is 2.75 bits per heavy atom. The van der Waals surface area contributed by atoms with Crippen LogP contribution in [-0.4, -0.2) is 17.3 Å². The van der Waals surface area contributed by atoms with Crippen LogP contribution in [0.2, 0.25) is 0 Å². The molecule has 0 atom stereocenters. The van der Waals surface area contributed by atoms with Crippen LogP contribution in [0.4, 0.5) is 0 Å². The Kier molecular flexibility index (Phi) is 2.83. The maximum absolute atomic E-state index is 4.36. The molecule has 0 radical (unpaired) electrons. The Morgan fingerprint density at radius 1 is 1.58 bits per heavy atom. The number of rotatable bonds is 1. The van der Waals surface area contributed by atoms with Crippen molar-refractivity contribution in [2.45, 2.75) is 33.2 Å². The summed E-state index contributed by atoms with van der Waals surface area (Å²) in [7, 11) is 0. The number of hydrogen-bond acceptors (Lipinski definition) is 2. The lowest BCUT2D eigenvalue weighted by molar-refractivity contribution is 0.576. The van der Waals surface area contributed by atoms with Crippen LogP contribution in [0.1, 0.15) is 27.7 Å². The summed E-state index contributed by atoms with van der Waals surface area (Å²) in [6.07, 6.45) is 2.23. The second-order valence-corrected chi connectivity index (χ2v) is 4.72. The van der Waals surface area contributed by atoms with Gasteiger partial charge in [0.2, 0.25) is 0 Å². The minimum atomic E-state index is 0.0589. The predicted octanol–water partition coefficient (Wildman–Crippen LogP) is 2.38. The van der Waals surface area contributed by atoms with Crippen molar-refractivity contribution in [3.05, 3.63) is 11.0 Å². The third-order valence-electron chi connectivity index (χ3n) is 1.55. The molecule has 0 saturated carbocycles. The van der Waals surface area contributed by atoms with Crippen molar-refractivity contribution in [2.24, 2.45) is 4.99 Å². The number of nitrogens with zero attached hydrogens (tertiary/aromatic N) is 1. The molecule has 0 aromatic carbocycles. The van der Waals surface area contributed by atoms with Crippen LogP contribution in [0.3, 0.4) is 0 Å². The van der Waals surface area contributed by atoms with Crippen molar-refractivity contribution in [3.63, 3.8) is 0 Å². The number of hydrogen-bond donors (Lipinski definition) is 1. The van der Waals surface area contributed by atoms with Gasteiger partial charge in [0.05, 0.1) is 5.54 Å². The van der Waals surface area contributed by atoms with Crippen LogP contribution in [0.5, 0.6) is 0 Å². The molecule has 1 aliphatic rings. The fourth-order valence-corrected chi connectivity index (χ4v) is 2.41. The number of aliphatic imine (C=N–C) groups is 1. The minimum absolute atomic E-state index is 0.0589. The van der Waals surface area contributed by atoms with Crippen molar-refractivity contribution in [1.29, 1.82) is 0 Å². The summed E-state index contributed by atoms with van der Waals surface area (Å²) < 4.78 is 0. The van der Waals surface area contributed by atoms with Gasteiger partial charge in [-0.05, 0) is 32.6 Å². The zero-order valence-electron chi connectivity index (χ0n) is 8.14. The van der Waals surface area contributed by atoms with Gasteiger partial charge in [-0.3, -0.25) is 4.99 Å². The molecular formula is C9H16N2S. The van der Waals surface area contributed by atoms with E-state index in [2.05, 4.69) is 44.1 Å². The topological polar surface area (TPSA) is 24.4 Å². The van der Waals surface area contributed by atoms with E-state index in [4.69, 9.17) is 0 Å². The Hall–Kier alpha value is -0.440. The van der Waals surface area contributed by atoms with Crippen LogP contribution in [0, 0.1) is 0 Å². The van der Waals surface area contributed by atoms with Gasteiger partial charge in [-0.25, -0.2) is 0 Å². The summed E-state index contributed by atoms with van der Waals surface area (Å²) in [6, 6.07) is 0. The van der Waals surface area contributed by atoms with Gasteiger partial charge in [0.25, 0.3) is 0 Å². The van der Waals surface area contributed by atoms with Gasteiger partial charge in [0.15, 0.2) is 5.17 Å². The predicted molar refractivity (Wildman–Crippen MR) is 56.5 cm³/mol. The largest absolute Gasteiger partial charge is 0.356 e. The molecule has 0 aromatic rings. The lowest BCUT2D eigenvalue weighted by Gasteiger charge is -2.29. The number of nitrogens with one attached hydrogen (secondary N) is 1. The van der Waals surface area contributed by atoms with E-state index in [9.17, 15) is 0 Å². The Morgan fingerprint density at radius 2 is 2.25 bits per heavy atom. The standard InChI is InChI=1S/C9H16N2S/c1-5-10-8-11-9(3,4)6-7(2)12-8/h6H,5H2,1-4H3,(H,10,11). The summed E-state index contributed by atoms with van der Waals surface area (Å²) in [5.41, 5.74) is 0.0589. The summed E-state index contributed by atoms with van der Waals surface area (Å²) in [5, 5.41) is 4.40. The molecule has 1 aliphatic heterocycles. The molecule has 0 saturated heterocycles. The van der Waals surface area contributed by atoms with Crippen LogP contribution in [0.15, 0.2) is 16.0 Å². The van der Waals surface area contributed by atoms with Crippen molar-refractivity contribution < 1.29 is 0 Å². The van der Waals surface area contributed by atoms with E-state index in [0.29, 0.717) is 0 Å². The molecule has 0 spiro atoms. The zero-order chi connectivity index (χ0) is 9.19. The van der Waals surface area contributed by atoms with Crippen LogP contribution >= 0.6 is 11.8 Å². The average Bonchev–Trinajstić information content (AvgIpc) is 1.82. The highest BCUT2D eigenvalue weighted by Crippen LogP contribution is 2.25. The summed E-state index contributed by atoms with van der Waals surface area (Å²) in [5.74, 6) is 0. The molecule has 0 bridgehead atoms. The van der Waals surface area contributed by atoms with Gasteiger partial charge >= 0.3 is 0 Å². The SMILES string of the molecule is CCN=C1NC(C)(C)C=C(C)S1. The number of amidine groups is 1. The average molecular weight is 184 g/mol. The first-order chi connectivity index (χ1) is 5.53. The third-order valence-corrected chi connectivity index (χ3v) is 2.42. The Bertz CT molecular complexity index is 229. The highest BCUT2D eigenvalue weighted by Gasteiger charge is 2.21. The quantitative estimate of drug-likeness (QED) is 0.676. The fraction of sp³-hybridized carbons (Fsp3) is 0.667. The number of thioether (sulfide) groups is 1. The van der Waals surface area contributed by atoms with Gasteiger partial charge in [0.1, 0.15) is 0 Å². The monoisotopic (exact) mass is 184 g/mol. The summed E-state index contributed by atoms with van der Waals surface area (Å²) >= 11 is 1.71. The fourth-order valence-electron chi connectivity index (χ4n) is 1.24. The maximum Gasteiger partial charge on any atom is 0.161 e. The van der Waals surface area contributed by atoms with E-state index >= 15 is 0 Å². The van der Waals surface area contributed by atoms with Crippen molar-refractivity contribution >= 4 is 16.9 Å². The molecule has 0 fully saturated rings. The van der Waals surface area contributed by atoms with Gasteiger partial charge in [-0.15, -0.1) is 0 Å². The second-order valence-electron chi connectivity index (χ2n) is 3.48. The van der Waals surface area contributed by atoms with E-state index in [0.717, 1.165) is 11.7 Å². The minimum Gasteiger partial charge on any atom is -0.356 e. The summed E-state index contributed by atoms with van der Waals surface area (Å²) in [6.45, 7) is 9.33. The first-order valence-electron chi connectivity index (χ1n) is 4.23. The molecule has 2 nitrogen and oxygen atoms in total. The molecule has 0 amide bonds. The highest BCUT2D eigenvalue weighted by atomic mass is 32.2. The lowest BCUT2D eigenvalue weighted by Crippen LogP contribution is -2.43. The zero-order valence-corrected chi connectivity index (χ0v) is 8.96. The highest BCUT2D eigenvalue weighted by molar-refractivity contribution is 8.17. The lowest BCUT2D eigenvalue weighted by atomic mass is 10.1. The molecule has 1 rings (SSSR count). The van der Waals surface area contributed by atoms with Gasteiger partial charge in [-0.1, -0.05) is 17.8 Å². The molecule has 12 heavy (non-hydrogen) atoms. The van der Waals surface area contributed by atoms with Crippen molar-refractivity contribution in [3.8, 4) is 0 Å². The normalized spacial score (nSPS) is 25.0. The van der Waals surface area contributed by atoms with Gasteiger partial charge in [0, 0.05) is 6.54 Å². The van der Waals surface area contributed by atoms with E-state index < -0.39 is 0 Å². The molecule has 0 aromatic heterocycles. The molecule has 68 valence electrons. The molecule has 3 heteroatoms. The Labute approximate surface area is 78.5 Å². The molecular weight excluding hydrogens is 168 g/mol. The van der Waals surface area contributed by atoms with Crippen LogP contribution < -0.4 is 5.32 Å². The van der Waals surface area contributed by atoms with Crippen LogP contribution in [0.25, 0.3) is 0 Å². The smallest absolute Gasteiger partial charge is 0.161 e. The van der Waals surface area contributed by atoms with Gasteiger partial charge in [-0.2, -0.15) is 0 Å². The maximum atomic E-state index is 4.36. The molecule has 1 heterocycles. The molecule has 1 N–H and O–H groups in total. The van der Waals surface area contributed by atoms with E-state index in [1.54, 1.807) is 11.8 Å². The van der Waals surface area contributed by atoms with Crippen LogP contribution in [-0.2, 0) is 0 Å². The Balaban J connectivity index is 2.79. The number of allylic oxidation sites excluding steroid dienone is 1. The van der Waals surface area contributed by atoms with Gasteiger partial charge < -0.3 is 5.32 Å². The van der Waals surface area contributed by atoms with E-state index in [1.807, 2.05) is 0 Å². The van der Waals surface area contributed by atoms with E-state index in [-0.39, 0.29) is 5.54 Å². The molecule has 0 aliphatic carbocycles. The first kappa shape index (κ1) is 9.65. The van der Waals surface area contributed by atoms with E-state index in [1.165, 1.54) is 4.91 Å². The summed E-state index contributed by atoms with van der Waals surface area (Å²) in [4.78, 5) is 5.68. The second kappa shape index (κ2) is 3.52. The molecule has 0 unspecified atom stereocenters. The van der Waals surface area contributed by atoms with Crippen molar-refractivity contribution in [1.82, 2.24) is 5.32 Å². The van der Waals surface area contributed by atoms with Crippen molar-refractivity contribution in [2.75, 3.05) is 6.54 Å².